The summed E-state index contributed by atoms with van der Waals surface area (Å²) in [4.78, 5) is 38.1. The number of nitrogens with one attached hydrogen (secondary N) is 3. The quantitative estimate of drug-likeness (QED) is 0.161. The average Bonchev–Trinajstić information content (AvgIpc) is 2.87. The van der Waals surface area contributed by atoms with Crippen LogP contribution in [0, 0.1) is 31.1 Å². The molecule has 2 aromatic rings. The van der Waals surface area contributed by atoms with Crippen molar-refractivity contribution in [2.75, 3.05) is 23.9 Å². The number of esters is 1. The smallest absolute Gasteiger partial charge is 0.467 e. The summed E-state index contributed by atoms with van der Waals surface area (Å²) in [5, 5.41) is 12.1. The Balaban J connectivity index is 2.22. The van der Waals surface area contributed by atoms with E-state index in [9.17, 15) is 27.6 Å². The number of amides is 2. The standard InChI is InChI=1S/C28H32F3N5O4/c1-16(2)36(24(37)15-22(26(38)40-5)35-27(39)28(29,30)31)23-14-17(3)20(13-18(23)4)7-6-12-34-21-10-8-19(9-11-21)25(32)33/h8-11,13-14,16,22,34H,12,15H2,1-5H3,(H3,32,33)(H,35,39). The van der Waals surface area contributed by atoms with Crippen molar-refractivity contribution in [3.63, 3.8) is 0 Å². The van der Waals surface area contributed by atoms with Crippen LogP contribution >= 0.6 is 0 Å². The van der Waals surface area contributed by atoms with Gasteiger partial charge >= 0.3 is 18.1 Å². The van der Waals surface area contributed by atoms with Crippen LogP contribution in [0.4, 0.5) is 24.5 Å². The van der Waals surface area contributed by atoms with Crippen LogP contribution in [-0.2, 0) is 19.1 Å². The van der Waals surface area contributed by atoms with Gasteiger partial charge in [-0.05, 0) is 75.2 Å². The number of nitrogen functional groups attached to an aromatic ring is 1. The minimum atomic E-state index is -5.23. The Morgan fingerprint density at radius 2 is 1.73 bits per heavy atom. The molecule has 0 saturated carbocycles. The largest absolute Gasteiger partial charge is 0.471 e. The van der Waals surface area contributed by atoms with Gasteiger partial charge in [0.2, 0.25) is 5.91 Å². The van der Waals surface area contributed by atoms with E-state index in [0.717, 1.165) is 23.9 Å². The molecule has 9 nitrogen and oxygen atoms in total. The van der Waals surface area contributed by atoms with Crippen molar-refractivity contribution in [2.45, 2.75) is 52.4 Å². The van der Waals surface area contributed by atoms with E-state index in [1.807, 2.05) is 6.92 Å². The molecule has 0 bridgehead atoms. The second-order valence-electron chi connectivity index (χ2n) is 9.21. The number of amidine groups is 1. The lowest BCUT2D eigenvalue weighted by Gasteiger charge is -2.30. The number of nitrogens with two attached hydrogens (primary N) is 1. The first-order valence-electron chi connectivity index (χ1n) is 12.2. The van der Waals surface area contributed by atoms with E-state index >= 15 is 0 Å². The summed E-state index contributed by atoms with van der Waals surface area (Å²) in [6, 6.07) is 8.34. The van der Waals surface area contributed by atoms with E-state index in [1.54, 1.807) is 62.5 Å². The fourth-order valence-electron chi connectivity index (χ4n) is 3.80. The molecule has 2 aromatic carbocycles. The first kappa shape index (κ1) is 31.7. The first-order chi connectivity index (χ1) is 18.6. The number of ether oxygens (including phenoxy) is 1. The van der Waals surface area contributed by atoms with Gasteiger partial charge in [0.25, 0.3) is 0 Å². The highest BCUT2D eigenvalue weighted by Crippen LogP contribution is 2.27. The molecule has 0 aliphatic heterocycles. The third-order valence-corrected chi connectivity index (χ3v) is 5.81. The molecule has 5 N–H and O–H groups in total. The molecule has 0 aliphatic rings. The Bertz CT molecular complexity index is 1330. The zero-order valence-corrected chi connectivity index (χ0v) is 22.8. The fourth-order valence-corrected chi connectivity index (χ4v) is 3.80. The van der Waals surface area contributed by atoms with Gasteiger partial charge in [-0.1, -0.05) is 11.8 Å². The predicted molar refractivity (Wildman–Crippen MR) is 146 cm³/mol. The van der Waals surface area contributed by atoms with Gasteiger partial charge in [0.05, 0.1) is 20.1 Å². The number of carbonyl (C=O) groups excluding carboxylic acids is 3. The number of hydrogen-bond donors (Lipinski definition) is 4. The van der Waals surface area contributed by atoms with Crippen molar-refractivity contribution in [3.8, 4) is 11.8 Å². The minimum Gasteiger partial charge on any atom is -0.467 e. The molecule has 0 heterocycles. The maximum absolute atomic E-state index is 13.2. The second kappa shape index (κ2) is 13.5. The zero-order chi connectivity index (χ0) is 30.2. The van der Waals surface area contributed by atoms with Crippen molar-refractivity contribution in [2.24, 2.45) is 5.73 Å². The van der Waals surface area contributed by atoms with Gasteiger partial charge in [0.15, 0.2) is 0 Å². The number of aryl methyl sites for hydroxylation is 2. The van der Waals surface area contributed by atoms with E-state index in [1.165, 1.54) is 4.90 Å². The average molecular weight is 560 g/mol. The van der Waals surface area contributed by atoms with Crippen LogP contribution in [0.15, 0.2) is 36.4 Å². The van der Waals surface area contributed by atoms with Gasteiger partial charge in [0, 0.05) is 28.5 Å². The molecule has 0 aromatic heterocycles. The van der Waals surface area contributed by atoms with Crippen LogP contribution in [0.25, 0.3) is 0 Å². The van der Waals surface area contributed by atoms with E-state index < -0.39 is 42.5 Å². The summed E-state index contributed by atoms with van der Waals surface area (Å²) < 4.78 is 42.8. The van der Waals surface area contributed by atoms with E-state index in [2.05, 4.69) is 21.9 Å². The zero-order valence-electron chi connectivity index (χ0n) is 22.8. The highest BCUT2D eigenvalue weighted by Gasteiger charge is 2.42. The van der Waals surface area contributed by atoms with Crippen molar-refractivity contribution >= 4 is 35.0 Å². The molecule has 0 fully saturated rings. The van der Waals surface area contributed by atoms with Crippen LogP contribution in [0.2, 0.25) is 0 Å². The molecule has 0 radical (unpaired) electrons. The highest BCUT2D eigenvalue weighted by atomic mass is 19.4. The normalized spacial score (nSPS) is 11.6. The van der Waals surface area contributed by atoms with E-state index in [-0.39, 0.29) is 5.84 Å². The summed E-state index contributed by atoms with van der Waals surface area (Å²) in [7, 11) is 0.951. The van der Waals surface area contributed by atoms with Crippen LogP contribution < -0.4 is 21.3 Å². The molecule has 214 valence electrons. The fraction of sp³-hybridized carbons (Fsp3) is 0.357. The summed E-state index contributed by atoms with van der Waals surface area (Å²) in [5.74, 6) is 1.91. The Kier molecular flexibility index (Phi) is 10.7. The monoisotopic (exact) mass is 559 g/mol. The van der Waals surface area contributed by atoms with Gasteiger partial charge in [0.1, 0.15) is 11.9 Å². The Labute approximate surface area is 230 Å². The number of benzene rings is 2. The van der Waals surface area contributed by atoms with Gasteiger partial charge in [-0.2, -0.15) is 13.2 Å². The number of nitrogens with zero attached hydrogens (tertiary/aromatic N) is 1. The third-order valence-electron chi connectivity index (χ3n) is 5.81. The van der Waals surface area contributed by atoms with Crippen LogP contribution in [-0.4, -0.2) is 55.5 Å². The topological polar surface area (TPSA) is 138 Å². The van der Waals surface area contributed by atoms with Crippen molar-refractivity contribution < 1.29 is 32.3 Å². The van der Waals surface area contributed by atoms with Gasteiger partial charge < -0.3 is 26.0 Å². The SMILES string of the molecule is COC(=O)C(CC(=O)N(c1cc(C)c(C#CCNc2ccc(C(=N)N)cc2)cc1C)C(C)C)NC(=O)C(F)(F)F. The maximum Gasteiger partial charge on any atom is 0.471 e. The van der Waals surface area contributed by atoms with E-state index in [0.29, 0.717) is 23.4 Å². The number of carbonyl (C=O) groups is 3. The second-order valence-corrected chi connectivity index (χ2v) is 9.21. The molecule has 2 rings (SSSR count). The number of anilines is 2. The molecule has 0 spiro atoms. The Morgan fingerprint density at radius 1 is 1.10 bits per heavy atom. The highest BCUT2D eigenvalue weighted by molar-refractivity contribution is 5.99. The molecule has 1 unspecified atom stereocenters. The molecule has 12 heteroatoms. The number of rotatable bonds is 9. The number of halogens is 3. The molecule has 2 amide bonds. The van der Waals surface area contributed by atoms with Crippen molar-refractivity contribution in [3.05, 3.63) is 58.7 Å². The first-order valence-corrected chi connectivity index (χ1v) is 12.2. The third kappa shape index (κ3) is 8.49. The summed E-state index contributed by atoms with van der Waals surface area (Å²) in [6.45, 7) is 7.35. The lowest BCUT2D eigenvalue weighted by molar-refractivity contribution is -0.175. The van der Waals surface area contributed by atoms with Crippen LogP contribution in [0.5, 0.6) is 0 Å². The van der Waals surface area contributed by atoms with Gasteiger partial charge in [-0.3, -0.25) is 15.0 Å². The Morgan fingerprint density at radius 3 is 2.25 bits per heavy atom. The maximum atomic E-state index is 13.2. The van der Waals surface area contributed by atoms with E-state index in [4.69, 9.17) is 11.1 Å². The molecule has 0 aliphatic carbocycles. The minimum absolute atomic E-state index is 0.0186. The number of hydrogen-bond acceptors (Lipinski definition) is 6. The summed E-state index contributed by atoms with van der Waals surface area (Å²) in [6.07, 6.45) is -5.96. The van der Waals surface area contributed by atoms with Gasteiger partial charge in [-0.25, -0.2) is 4.79 Å². The number of alkyl halides is 3. The van der Waals surface area contributed by atoms with Crippen LogP contribution in [0.1, 0.15) is 42.5 Å². The lowest BCUT2D eigenvalue weighted by Crippen LogP contribution is -2.50. The Hall–Kier alpha value is -4.53. The van der Waals surface area contributed by atoms with Gasteiger partial charge in [-0.15, -0.1) is 0 Å². The summed E-state index contributed by atoms with van der Waals surface area (Å²) >= 11 is 0. The molecular weight excluding hydrogens is 527 g/mol. The summed E-state index contributed by atoms with van der Waals surface area (Å²) in [5.41, 5.74) is 9.53. The van der Waals surface area contributed by atoms with Crippen LogP contribution in [0.3, 0.4) is 0 Å². The van der Waals surface area contributed by atoms with Crippen molar-refractivity contribution in [1.29, 1.82) is 5.41 Å². The number of methoxy groups -OCH3 is 1. The molecule has 40 heavy (non-hydrogen) atoms. The molecule has 0 saturated heterocycles. The van der Waals surface area contributed by atoms with Crippen molar-refractivity contribution in [1.82, 2.24) is 5.32 Å². The molecular formula is C28H32F3N5O4. The lowest BCUT2D eigenvalue weighted by atomic mass is 10.0. The predicted octanol–water partition coefficient (Wildman–Crippen LogP) is 3.40. The molecule has 1 atom stereocenters.